The van der Waals surface area contributed by atoms with Crippen LogP contribution in [0.15, 0.2) is 24.3 Å². The molecule has 0 aliphatic carbocycles. The summed E-state index contributed by atoms with van der Waals surface area (Å²) in [5, 5.41) is 2.33. The van der Waals surface area contributed by atoms with Gasteiger partial charge in [0.15, 0.2) is 0 Å². The minimum Gasteiger partial charge on any atom is -0.294 e. The van der Waals surface area contributed by atoms with Gasteiger partial charge < -0.3 is 0 Å². The van der Waals surface area contributed by atoms with E-state index in [1.165, 1.54) is 0 Å². The summed E-state index contributed by atoms with van der Waals surface area (Å²) in [6, 6.07) is 6.85. The van der Waals surface area contributed by atoms with Crippen LogP contribution < -0.4 is 16.6 Å². The van der Waals surface area contributed by atoms with E-state index in [9.17, 15) is 14.4 Å². The van der Waals surface area contributed by atoms with Crippen molar-refractivity contribution in [1.82, 2.24) is 15.6 Å². The van der Waals surface area contributed by atoms with E-state index < -0.39 is 5.54 Å². The van der Waals surface area contributed by atoms with Crippen LogP contribution in [-0.4, -0.2) is 34.7 Å². The Bertz CT molecular complexity index is 580. The molecule has 0 spiro atoms. The molecule has 0 saturated carbocycles. The highest BCUT2D eigenvalue weighted by atomic mass is 16.2. The predicted molar refractivity (Wildman–Crippen MR) is 75.7 cm³/mol. The average molecular weight is 290 g/mol. The van der Waals surface area contributed by atoms with Crippen molar-refractivity contribution in [3.05, 3.63) is 35.4 Å². The van der Waals surface area contributed by atoms with Crippen LogP contribution in [0.4, 0.5) is 0 Å². The molecule has 1 aromatic carbocycles. The minimum absolute atomic E-state index is 0.157. The normalized spacial score (nSPS) is 18.2. The zero-order valence-electron chi connectivity index (χ0n) is 12.0. The van der Waals surface area contributed by atoms with Crippen LogP contribution in [0, 0.1) is 0 Å². The lowest BCUT2D eigenvalue weighted by Gasteiger charge is -2.40. The van der Waals surface area contributed by atoms with Gasteiger partial charge in [0.25, 0.3) is 5.91 Å². The summed E-state index contributed by atoms with van der Waals surface area (Å²) in [6.07, 6.45) is 0. The molecule has 7 nitrogen and oxygen atoms in total. The monoisotopic (exact) mass is 290 g/mol. The SMILES string of the molecule is CC1(C)C(=O)NC(=O)CN1Cc1ccc(C(=O)NN)cc1. The van der Waals surface area contributed by atoms with E-state index in [1.54, 1.807) is 43.0 Å². The van der Waals surface area contributed by atoms with Gasteiger partial charge in [0.1, 0.15) is 0 Å². The van der Waals surface area contributed by atoms with Crippen LogP contribution in [0.3, 0.4) is 0 Å². The Hall–Kier alpha value is -2.25. The van der Waals surface area contributed by atoms with Crippen molar-refractivity contribution in [2.24, 2.45) is 5.84 Å². The zero-order chi connectivity index (χ0) is 15.6. The van der Waals surface area contributed by atoms with Gasteiger partial charge in [-0.3, -0.25) is 30.0 Å². The van der Waals surface area contributed by atoms with E-state index in [2.05, 4.69) is 10.7 Å². The largest absolute Gasteiger partial charge is 0.294 e. The molecule has 1 aliphatic heterocycles. The van der Waals surface area contributed by atoms with Crippen molar-refractivity contribution in [1.29, 1.82) is 0 Å². The molecule has 1 heterocycles. The van der Waals surface area contributed by atoms with Crippen LogP contribution in [0.25, 0.3) is 0 Å². The van der Waals surface area contributed by atoms with Crippen LogP contribution in [-0.2, 0) is 16.1 Å². The first-order valence-electron chi connectivity index (χ1n) is 6.54. The van der Waals surface area contributed by atoms with Gasteiger partial charge in [0.2, 0.25) is 11.8 Å². The average Bonchev–Trinajstić information content (AvgIpc) is 2.45. The third-order valence-electron chi connectivity index (χ3n) is 3.65. The fraction of sp³-hybridized carbons (Fsp3) is 0.357. The minimum atomic E-state index is -0.763. The van der Waals surface area contributed by atoms with E-state index in [1.807, 2.05) is 0 Å². The Morgan fingerprint density at radius 1 is 1.33 bits per heavy atom. The van der Waals surface area contributed by atoms with Crippen molar-refractivity contribution < 1.29 is 14.4 Å². The topological polar surface area (TPSA) is 105 Å². The molecule has 0 unspecified atom stereocenters. The number of piperazine rings is 1. The highest BCUT2D eigenvalue weighted by molar-refractivity contribution is 6.02. The summed E-state index contributed by atoms with van der Waals surface area (Å²) in [6.45, 7) is 4.14. The highest BCUT2D eigenvalue weighted by Crippen LogP contribution is 2.21. The molecule has 112 valence electrons. The number of nitrogen functional groups attached to an aromatic ring is 1. The summed E-state index contributed by atoms with van der Waals surface area (Å²) >= 11 is 0. The molecule has 4 N–H and O–H groups in total. The van der Waals surface area contributed by atoms with Crippen molar-refractivity contribution in [2.75, 3.05) is 6.54 Å². The summed E-state index contributed by atoms with van der Waals surface area (Å²) in [7, 11) is 0. The maximum absolute atomic E-state index is 11.9. The van der Waals surface area contributed by atoms with Crippen LogP contribution >= 0.6 is 0 Å². The maximum Gasteiger partial charge on any atom is 0.265 e. The summed E-state index contributed by atoms with van der Waals surface area (Å²) in [4.78, 5) is 36.5. The number of nitrogens with zero attached hydrogens (tertiary/aromatic N) is 1. The Balaban J connectivity index is 2.15. The molecule has 21 heavy (non-hydrogen) atoms. The van der Waals surface area contributed by atoms with Gasteiger partial charge in [-0.15, -0.1) is 0 Å². The van der Waals surface area contributed by atoms with Crippen molar-refractivity contribution in [3.8, 4) is 0 Å². The summed E-state index contributed by atoms with van der Waals surface area (Å²) in [5.74, 6) is 4.09. The van der Waals surface area contributed by atoms with Crippen LogP contribution in [0.1, 0.15) is 29.8 Å². The van der Waals surface area contributed by atoms with Crippen LogP contribution in [0.2, 0.25) is 0 Å². The summed E-state index contributed by atoms with van der Waals surface area (Å²) < 4.78 is 0. The zero-order valence-corrected chi connectivity index (χ0v) is 12.0. The molecule has 7 heteroatoms. The Labute approximate surface area is 122 Å². The second-order valence-corrected chi connectivity index (χ2v) is 5.46. The molecule has 2 rings (SSSR count). The number of amides is 3. The lowest BCUT2D eigenvalue weighted by atomic mass is 9.97. The Kier molecular flexibility index (Phi) is 4.06. The summed E-state index contributed by atoms with van der Waals surface area (Å²) in [5.41, 5.74) is 2.65. The quantitative estimate of drug-likeness (QED) is 0.302. The molecule has 0 atom stereocenters. The Morgan fingerprint density at radius 2 is 1.95 bits per heavy atom. The third-order valence-corrected chi connectivity index (χ3v) is 3.65. The molecule has 1 aliphatic rings. The first-order chi connectivity index (χ1) is 9.84. The number of carbonyl (C=O) groups excluding carboxylic acids is 3. The van der Waals surface area contributed by atoms with E-state index in [4.69, 9.17) is 5.84 Å². The van der Waals surface area contributed by atoms with Crippen molar-refractivity contribution in [2.45, 2.75) is 25.9 Å². The van der Waals surface area contributed by atoms with E-state index in [-0.39, 0.29) is 24.3 Å². The number of carbonyl (C=O) groups is 3. The smallest absolute Gasteiger partial charge is 0.265 e. The van der Waals surface area contributed by atoms with E-state index in [0.717, 1.165) is 5.56 Å². The van der Waals surface area contributed by atoms with E-state index >= 15 is 0 Å². The van der Waals surface area contributed by atoms with Gasteiger partial charge in [-0.1, -0.05) is 12.1 Å². The van der Waals surface area contributed by atoms with Gasteiger partial charge >= 0.3 is 0 Å². The molecule has 1 saturated heterocycles. The predicted octanol–water partition coefficient (Wildman–Crippen LogP) is -0.473. The molecule has 0 aromatic heterocycles. The van der Waals surface area contributed by atoms with E-state index in [0.29, 0.717) is 12.1 Å². The van der Waals surface area contributed by atoms with Gasteiger partial charge in [0.05, 0.1) is 12.1 Å². The first-order valence-corrected chi connectivity index (χ1v) is 6.54. The van der Waals surface area contributed by atoms with Gasteiger partial charge in [-0.2, -0.15) is 0 Å². The van der Waals surface area contributed by atoms with Gasteiger partial charge in [0, 0.05) is 12.1 Å². The van der Waals surface area contributed by atoms with Crippen LogP contribution in [0.5, 0.6) is 0 Å². The van der Waals surface area contributed by atoms with Crippen molar-refractivity contribution in [3.63, 3.8) is 0 Å². The second-order valence-electron chi connectivity index (χ2n) is 5.46. The molecule has 1 fully saturated rings. The van der Waals surface area contributed by atoms with Crippen molar-refractivity contribution >= 4 is 17.7 Å². The number of nitrogens with one attached hydrogen (secondary N) is 2. The standard InChI is InChI=1S/C14H18N4O3/c1-14(2)13(21)16-11(19)8-18(14)7-9-3-5-10(6-4-9)12(20)17-15/h3-6H,7-8,15H2,1-2H3,(H,17,20)(H,16,19,21). The molecule has 0 bridgehead atoms. The fourth-order valence-corrected chi connectivity index (χ4v) is 2.15. The number of rotatable bonds is 3. The van der Waals surface area contributed by atoms with Gasteiger partial charge in [-0.25, -0.2) is 5.84 Å². The number of hydrogen-bond donors (Lipinski definition) is 3. The number of hydrazine groups is 1. The first kappa shape index (κ1) is 15.1. The second kappa shape index (κ2) is 5.63. The fourth-order valence-electron chi connectivity index (χ4n) is 2.15. The number of nitrogens with two attached hydrogens (primary N) is 1. The number of hydrogen-bond acceptors (Lipinski definition) is 5. The molecule has 1 aromatic rings. The number of benzene rings is 1. The Morgan fingerprint density at radius 3 is 2.52 bits per heavy atom. The highest BCUT2D eigenvalue weighted by Gasteiger charge is 2.40. The molecular weight excluding hydrogens is 272 g/mol. The lowest BCUT2D eigenvalue weighted by Crippen LogP contribution is -2.63. The molecule has 0 radical (unpaired) electrons. The van der Waals surface area contributed by atoms with Gasteiger partial charge in [-0.05, 0) is 31.5 Å². The maximum atomic E-state index is 11.9. The third kappa shape index (κ3) is 3.09. The number of imide groups is 1. The lowest BCUT2D eigenvalue weighted by molar-refractivity contribution is -0.145. The molecule has 3 amide bonds. The molecular formula is C14H18N4O3.